The summed E-state index contributed by atoms with van der Waals surface area (Å²) in [4.78, 5) is 16.0. The Morgan fingerprint density at radius 1 is 0.964 bits per heavy atom. The highest BCUT2D eigenvalue weighted by atomic mass is 35.5. The Kier molecular flexibility index (Phi) is 6.18. The van der Waals surface area contributed by atoms with Crippen LogP contribution in [0.2, 0.25) is 10.0 Å². The third-order valence-corrected chi connectivity index (χ3v) is 5.84. The van der Waals surface area contributed by atoms with Gasteiger partial charge in [0, 0.05) is 11.9 Å². The Bertz CT molecular complexity index is 1090. The molecule has 0 radical (unpaired) electrons. The summed E-state index contributed by atoms with van der Waals surface area (Å²) in [6.45, 7) is 0. The van der Waals surface area contributed by atoms with Crippen LogP contribution in [0.4, 0.5) is 11.4 Å². The number of amides is 1. The lowest BCUT2D eigenvalue weighted by Gasteiger charge is -2.10. The van der Waals surface area contributed by atoms with Crippen molar-refractivity contribution in [1.29, 1.82) is 0 Å². The molecular formula is C19H15Cl2N3O3S. The van der Waals surface area contributed by atoms with Crippen LogP contribution in [0.15, 0.2) is 71.9 Å². The number of halogens is 2. The number of carbonyl (C=O) groups is 1. The van der Waals surface area contributed by atoms with Crippen molar-refractivity contribution in [2.75, 3.05) is 10.0 Å². The normalized spacial score (nSPS) is 11.1. The maximum absolute atomic E-state index is 12.4. The van der Waals surface area contributed by atoms with Gasteiger partial charge in [0.2, 0.25) is 5.91 Å². The summed E-state index contributed by atoms with van der Waals surface area (Å²) < 4.78 is 27.4. The Morgan fingerprint density at radius 3 is 2.36 bits per heavy atom. The van der Waals surface area contributed by atoms with E-state index in [0.29, 0.717) is 11.4 Å². The highest BCUT2D eigenvalue weighted by molar-refractivity contribution is 7.92. The van der Waals surface area contributed by atoms with Crippen LogP contribution in [-0.2, 0) is 21.2 Å². The number of anilines is 2. The number of carbonyl (C=O) groups excluding carboxylic acids is 1. The van der Waals surface area contributed by atoms with Crippen LogP contribution in [0, 0.1) is 0 Å². The first-order valence-corrected chi connectivity index (χ1v) is 10.3. The molecule has 0 fully saturated rings. The molecule has 3 aromatic rings. The number of benzene rings is 2. The molecule has 0 aliphatic rings. The summed E-state index contributed by atoms with van der Waals surface area (Å²) in [6.07, 6.45) is 3.32. The van der Waals surface area contributed by atoms with E-state index in [1.165, 1.54) is 18.2 Å². The summed E-state index contributed by atoms with van der Waals surface area (Å²) in [5, 5.41) is 3.16. The lowest BCUT2D eigenvalue weighted by Crippen LogP contribution is -2.15. The molecule has 6 nitrogen and oxygen atoms in total. The van der Waals surface area contributed by atoms with Gasteiger partial charge in [0.05, 0.1) is 33.2 Å². The molecule has 9 heteroatoms. The zero-order valence-corrected chi connectivity index (χ0v) is 16.7. The number of nitrogens with zero attached hydrogens (tertiary/aromatic N) is 1. The second-order valence-corrected chi connectivity index (χ2v) is 8.34. The van der Waals surface area contributed by atoms with Gasteiger partial charge in [-0.2, -0.15) is 0 Å². The quantitative estimate of drug-likeness (QED) is 0.601. The third-order valence-electron chi connectivity index (χ3n) is 3.72. The molecule has 1 heterocycles. The van der Waals surface area contributed by atoms with Gasteiger partial charge in [-0.1, -0.05) is 35.3 Å². The molecule has 0 saturated heterocycles. The molecule has 3 rings (SSSR count). The second-order valence-electron chi connectivity index (χ2n) is 5.84. The number of aromatic nitrogens is 1. The van der Waals surface area contributed by atoms with Crippen molar-refractivity contribution in [3.8, 4) is 0 Å². The summed E-state index contributed by atoms with van der Waals surface area (Å²) in [5.74, 6) is -0.197. The first kappa shape index (κ1) is 20.1. The van der Waals surface area contributed by atoms with E-state index in [4.69, 9.17) is 23.2 Å². The molecule has 0 atom stereocenters. The molecule has 0 aliphatic carbocycles. The van der Waals surface area contributed by atoms with Crippen molar-refractivity contribution in [3.05, 3.63) is 82.6 Å². The molecule has 0 unspecified atom stereocenters. The number of nitrogens with one attached hydrogen (secondary N) is 2. The molecule has 1 amide bonds. The average molecular weight is 436 g/mol. The molecule has 2 aromatic carbocycles. The van der Waals surface area contributed by atoms with E-state index >= 15 is 0 Å². The van der Waals surface area contributed by atoms with E-state index in [1.807, 2.05) is 0 Å². The van der Waals surface area contributed by atoms with Gasteiger partial charge in [-0.15, -0.1) is 0 Å². The van der Waals surface area contributed by atoms with Crippen molar-refractivity contribution >= 4 is 50.5 Å². The Morgan fingerprint density at radius 2 is 1.71 bits per heavy atom. The number of rotatable bonds is 6. The van der Waals surface area contributed by atoms with Crippen LogP contribution in [0.3, 0.4) is 0 Å². The van der Waals surface area contributed by atoms with E-state index in [9.17, 15) is 13.2 Å². The highest BCUT2D eigenvalue weighted by Crippen LogP contribution is 2.26. The number of pyridine rings is 1. The van der Waals surface area contributed by atoms with Crippen LogP contribution in [0.1, 0.15) is 5.56 Å². The lowest BCUT2D eigenvalue weighted by molar-refractivity contribution is -0.115. The SMILES string of the molecule is O=C(Cc1ccc(NS(=O)(=O)c2ccc(Cl)c(Cl)c2)cc1)Nc1cccnc1. The van der Waals surface area contributed by atoms with E-state index in [0.717, 1.165) is 5.56 Å². The van der Waals surface area contributed by atoms with E-state index < -0.39 is 10.0 Å². The first-order chi connectivity index (χ1) is 13.3. The van der Waals surface area contributed by atoms with Crippen molar-refractivity contribution in [2.24, 2.45) is 0 Å². The molecule has 1 aromatic heterocycles. The van der Waals surface area contributed by atoms with Crippen LogP contribution >= 0.6 is 23.2 Å². The third kappa shape index (κ3) is 5.22. The molecule has 28 heavy (non-hydrogen) atoms. The fourth-order valence-electron chi connectivity index (χ4n) is 2.38. The standard InChI is InChI=1S/C19H15Cl2N3O3S/c20-17-8-7-16(11-18(17)21)28(26,27)24-14-5-3-13(4-6-14)10-19(25)23-15-2-1-9-22-12-15/h1-9,11-12,24H,10H2,(H,23,25). The lowest BCUT2D eigenvalue weighted by atomic mass is 10.1. The van der Waals surface area contributed by atoms with Crippen molar-refractivity contribution in [3.63, 3.8) is 0 Å². The van der Waals surface area contributed by atoms with Gasteiger partial charge >= 0.3 is 0 Å². The monoisotopic (exact) mass is 435 g/mol. The van der Waals surface area contributed by atoms with Crippen LogP contribution < -0.4 is 10.0 Å². The highest BCUT2D eigenvalue weighted by Gasteiger charge is 2.16. The van der Waals surface area contributed by atoms with Crippen LogP contribution in [0.25, 0.3) is 0 Å². The molecule has 0 bridgehead atoms. The minimum absolute atomic E-state index is 0.00169. The van der Waals surface area contributed by atoms with Crippen LogP contribution in [-0.4, -0.2) is 19.3 Å². The number of hydrogen-bond donors (Lipinski definition) is 2. The molecule has 2 N–H and O–H groups in total. The van der Waals surface area contributed by atoms with Gasteiger partial charge < -0.3 is 5.32 Å². The maximum Gasteiger partial charge on any atom is 0.261 e. The molecule has 0 spiro atoms. The second kappa shape index (κ2) is 8.60. The fourth-order valence-corrected chi connectivity index (χ4v) is 3.82. The summed E-state index contributed by atoms with van der Waals surface area (Å²) in [6, 6.07) is 14.1. The fraction of sp³-hybridized carbons (Fsp3) is 0.0526. The maximum atomic E-state index is 12.4. The average Bonchev–Trinajstić information content (AvgIpc) is 2.66. The Balaban J connectivity index is 1.65. The number of hydrogen-bond acceptors (Lipinski definition) is 4. The zero-order valence-electron chi connectivity index (χ0n) is 14.4. The van der Waals surface area contributed by atoms with Gasteiger partial charge in [0.15, 0.2) is 0 Å². The van der Waals surface area contributed by atoms with Crippen molar-refractivity contribution < 1.29 is 13.2 Å². The van der Waals surface area contributed by atoms with Crippen LogP contribution in [0.5, 0.6) is 0 Å². The molecule has 144 valence electrons. The number of sulfonamides is 1. The summed E-state index contributed by atoms with van der Waals surface area (Å²) >= 11 is 11.7. The molecular weight excluding hydrogens is 421 g/mol. The molecule has 0 aliphatic heterocycles. The van der Waals surface area contributed by atoms with E-state index in [-0.39, 0.29) is 27.3 Å². The van der Waals surface area contributed by atoms with Gasteiger partial charge in [-0.3, -0.25) is 14.5 Å². The molecule has 0 saturated carbocycles. The van der Waals surface area contributed by atoms with E-state index in [2.05, 4.69) is 15.0 Å². The predicted octanol–water partition coefficient (Wildman–Crippen LogP) is 4.37. The largest absolute Gasteiger partial charge is 0.324 e. The summed E-state index contributed by atoms with van der Waals surface area (Å²) in [5.41, 5.74) is 1.71. The Hall–Kier alpha value is -2.61. The predicted molar refractivity (Wildman–Crippen MR) is 110 cm³/mol. The minimum Gasteiger partial charge on any atom is -0.324 e. The minimum atomic E-state index is -3.81. The first-order valence-electron chi connectivity index (χ1n) is 8.10. The van der Waals surface area contributed by atoms with Gasteiger partial charge in [0.25, 0.3) is 10.0 Å². The van der Waals surface area contributed by atoms with Gasteiger partial charge in [-0.25, -0.2) is 8.42 Å². The zero-order chi connectivity index (χ0) is 20.1. The van der Waals surface area contributed by atoms with Crippen molar-refractivity contribution in [2.45, 2.75) is 11.3 Å². The summed E-state index contributed by atoms with van der Waals surface area (Å²) in [7, 11) is -3.81. The topological polar surface area (TPSA) is 88.2 Å². The van der Waals surface area contributed by atoms with Gasteiger partial charge in [0.1, 0.15) is 0 Å². The van der Waals surface area contributed by atoms with Crippen molar-refractivity contribution in [1.82, 2.24) is 4.98 Å². The smallest absolute Gasteiger partial charge is 0.261 e. The van der Waals surface area contributed by atoms with Gasteiger partial charge in [-0.05, 0) is 48.0 Å². The van der Waals surface area contributed by atoms with E-state index in [1.54, 1.807) is 48.8 Å². The Labute approximate surface area is 172 Å².